The van der Waals surface area contributed by atoms with Crippen LogP contribution in [0.1, 0.15) is 42.5 Å². The molecule has 0 aromatic heterocycles. The molecule has 1 N–H and O–H groups in total. The minimum atomic E-state index is -0.676. The van der Waals surface area contributed by atoms with Crippen molar-refractivity contribution in [3.63, 3.8) is 0 Å². The molecule has 2 aliphatic heterocycles. The average molecular weight is 426 g/mol. The number of halogens is 1. The molecule has 0 saturated carbocycles. The van der Waals surface area contributed by atoms with Crippen molar-refractivity contribution in [1.29, 1.82) is 0 Å². The molecule has 4 rings (SSSR count). The molecular weight excluding hydrogens is 402 g/mol. The maximum Gasteiger partial charge on any atom is 0.295 e. The number of aryl methyl sites for hydroxylation is 1. The molecule has 0 unspecified atom stereocenters. The lowest BCUT2D eigenvalue weighted by molar-refractivity contribution is -0.140. The molecule has 2 aromatic carbocycles. The third-order valence-corrected chi connectivity index (χ3v) is 6.04. The van der Waals surface area contributed by atoms with Gasteiger partial charge in [0.05, 0.1) is 17.7 Å². The molecule has 2 aromatic rings. The Labute approximate surface area is 180 Å². The Kier molecular flexibility index (Phi) is 5.93. The van der Waals surface area contributed by atoms with Crippen LogP contribution < -0.4 is 0 Å². The molecule has 5 nitrogen and oxygen atoms in total. The predicted molar refractivity (Wildman–Crippen MR) is 115 cm³/mol. The van der Waals surface area contributed by atoms with E-state index in [1.165, 1.54) is 0 Å². The Morgan fingerprint density at radius 1 is 1.13 bits per heavy atom. The van der Waals surface area contributed by atoms with Crippen LogP contribution in [0, 0.1) is 0 Å². The summed E-state index contributed by atoms with van der Waals surface area (Å²) in [4.78, 5) is 27.5. The molecule has 2 aliphatic rings. The molecule has 30 heavy (non-hydrogen) atoms. The van der Waals surface area contributed by atoms with Crippen molar-refractivity contribution in [2.45, 2.75) is 38.3 Å². The first-order chi connectivity index (χ1) is 14.5. The van der Waals surface area contributed by atoms with Gasteiger partial charge in [0.2, 0.25) is 0 Å². The Morgan fingerprint density at radius 3 is 2.43 bits per heavy atom. The van der Waals surface area contributed by atoms with Gasteiger partial charge in [-0.3, -0.25) is 9.59 Å². The monoisotopic (exact) mass is 425 g/mol. The van der Waals surface area contributed by atoms with Gasteiger partial charge in [-0.2, -0.15) is 0 Å². The summed E-state index contributed by atoms with van der Waals surface area (Å²) in [6.07, 6.45) is 2.58. The summed E-state index contributed by atoms with van der Waals surface area (Å²) in [6.45, 7) is 3.05. The zero-order valence-corrected chi connectivity index (χ0v) is 17.6. The normalized spacial score (nSPS) is 23.3. The number of amides is 1. The number of ketones is 1. The van der Waals surface area contributed by atoms with Gasteiger partial charge in [0.25, 0.3) is 11.7 Å². The number of benzene rings is 2. The fourth-order valence-electron chi connectivity index (χ4n) is 4.12. The summed E-state index contributed by atoms with van der Waals surface area (Å²) < 4.78 is 5.71. The molecule has 2 atom stereocenters. The van der Waals surface area contributed by atoms with Crippen molar-refractivity contribution >= 4 is 29.1 Å². The standard InChI is InChI=1S/C24H24ClNO4/c1-2-15-5-7-16(8-6-15)21-20(22(27)17-9-11-18(25)12-10-17)23(28)24(29)26(21)14-19-4-3-13-30-19/h5-12,19,21,27H,2-4,13-14H2,1H3/t19-,21-/m0/s1. The summed E-state index contributed by atoms with van der Waals surface area (Å²) in [5, 5.41) is 11.5. The molecule has 156 valence electrons. The van der Waals surface area contributed by atoms with Gasteiger partial charge in [-0.15, -0.1) is 0 Å². The summed E-state index contributed by atoms with van der Waals surface area (Å²) >= 11 is 5.96. The van der Waals surface area contributed by atoms with E-state index in [9.17, 15) is 14.7 Å². The minimum absolute atomic E-state index is 0.101. The van der Waals surface area contributed by atoms with Crippen LogP contribution in [0.5, 0.6) is 0 Å². The highest BCUT2D eigenvalue weighted by Gasteiger charge is 2.47. The van der Waals surface area contributed by atoms with Gasteiger partial charge in [-0.05, 0) is 54.7 Å². The Hall–Kier alpha value is -2.63. The van der Waals surface area contributed by atoms with E-state index in [4.69, 9.17) is 16.3 Å². The van der Waals surface area contributed by atoms with E-state index in [1.807, 2.05) is 24.3 Å². The highest BCUT2D eigenvalue weighted by Crippen LogP contribution is 2.40. The second-order valence-electron chi connectivity index (χ2n) is 7.69. The molecule has 2 heterocycles. The van der Waals surface area contributed by atoms with E-state index < -0.39 is 17.7 Å². The highest BCUT2D eigenvalue weighted by molar-refractivity contribution is 6.46. The molecule has 0 aliphatic carbocycles. The number of aliphatic hydroxyl groups excluding tert-OH is 1. The van der Waals surface area contributed by atoms with Crippen molar-refractivity contribution in [2.75, 3.05) is 13.2 Å². The molecule has 6 heteroatoms. The van der Waals surface area contributed by atoms with Crippen LogP contribution in [-0.2, 0) is 20.7 Å². The lowest BCUT2D eigenvalue weighted by Crippen LogP contribution is -2.36. The number of ether oxygens (including phenoxy) is 1. The molecule has 2 saturated heterocycles. The molecule has 0 spiro atoms. The molecular formula is C24H24ClNO4. The van der Waals surface area contributed by atoms with Crippen LogP contribution in [0.15, 0.2) is 54.1 Å². The van der Waals surface area contributed by atoms with Crippen LogP contribution >= 0.6 is 11.6 Å². The van der Waals surface area contributed by atoms with Crippen LogP contribution in [-0.4, -0.2) is 41.0 Å². The maximum atomic E-state index is 13.0. The fourth-order valence-corrected chi connectivity index (χ4v) is 4.25. The summed E-state index contributed by atoms with van der Waals surface area (Å²) in [5.74, 6) is -1.47. The number of carbonyl (C=O) groups excluding carboxylic acids is 2. The molecule has 2 fully saturated rings. The lowest BCUT2D eigenvalue weighted by atomic mass is 9.94. The van der Waals surface area contributed by atoms with Crippen LogP contribution in [0.2, 0.25) is 5.02 Å². The van der Waals surface area contributed by atoms with Gasteiger partial charge in [-0.25, -0.2) is 0 Å². The molecule has 0 radical (unpaired) electrons. The zero-order chi connectivity index (χ0) is 21.3. The number of hydrogen-bond donors (Lipinski definition) is 1. The van der Waals surface area contributed by atoms with Crippen molar-refractivity contribution in [1.82, 2.24) is 4.90 Å². The SMILES string of the molecule is CCc1ccc([C@H]2C(=C(O)c3ccc(Cl)cc3)C(=O)C(=O)N2C[C@@H]2CCCO2)cc1. The number of nitrogens with zero attached hydrogens (tertiary/aromatic N) is 1. The van der Waals surface area contributed by atoms with Gasteiger partial charge in [0, 0.05) is 23.7 Å². The second kappa shape index (κ2) is 8.62. The third kappa shape index (κ3) is 3.87. The van der Waals surface area contributed by atoms with Crippen LogP contribution in [0.4, 0.5) is 0 Å². The predicted octanol–water partition coefficient (Wildman–Crippen LogP) is 4.50. The van der Waals surface area contributed by atoms with Gasteiger partial charge in [-0.1, -0.05) is 42.8 Å². The first-order valence-corrected chi connectivity index (χ1v) is 10.6. The highest BCUT2D eigenvalue weighted by atomic mass is 35.5. The van der Waals surface area contributed by atoms with Crippen molar-refractivity contribution in [3.8, 4) is 0 Å². The van der Waals surface area contributed by atoms with Crippen molar-refractivity contribution in [3.05, 3.63) is 75.8 Å². The second-order valence-corrected chi connectivity index (χ2v) is 8.12. The van der Waals surface area contributed by atoms with E-state index in [-0.39, 0.29) is 17.4 Å². The third-order valence-electron chi connectivity index (χ3n) is 5.79. The number of aliphatic hydroxyl groups is 1. The quantitative estimate of drug-likeness (QED) is 0.435. The van der Waals surface area contributed by atoms with Crippen molar-refractivity contribution < 1.29 is 19.4 Å². The minimum Gasteiger partial charge on any atom is -0.507 e. The van der Waals surface area contributed by atoms with E-state index in [1.54, 1.807) is 29.2 Å². The van der Waals surface area contributed by atoms with E-state index >= 15 is 0 Å². The smallest absolute Gasteiger partial charge is 0.295 e. The first-order valence-electron chi connectivity index (χ1n) is 10.2. The van der Waals surface area contributed by atoms with Crippen LogP contribution in [0.25, 0.3) is 5.76 Å². The van der Waals surface area contributed by atoms with E-state index in [0.29, 0.717) is 23.7 Å². The topological polar surface area (TPSA) is 66.8 Å². The Morgan fingerprint density at radius 2 is 1.83 bits per heavy atom. The number of rotatable bonds is 5. The van der Waals surface area contributed by atoms with Crippen LogP contribution in [0.3, 0.4) is 0 Å². The number of likely N-dealkylation sites (tertiary alicyclic amines) is 1. The Bertz CT molecular complexity index is 975. The molecule has 1 amide bonds. The largest absolute Gasteiger partial charge is 0.507 e. The summed E-state index contributed by atoms with van der Waals surface area (Å²) in [7, 11) is 0. The number of carbonyl (C=O) groups is 2. The summed E-state index contributed by atoms with van der Waals surface area (Å²) in [5.41, 5.74) is 2.50. The van der Waals surface area contributed by atoms with Gasteiger partial charge >= 0.3 is 0 Å². The van der Waals surface area contributed by atoms with E-state index in [0.717, 1.165) is 30.4 Å². The first kappa shape index (κ1) is 20.6. The number of Topliss-reactive ketones (excluding diaryl/α,β-unsaturated/α-hetero) is 1. The Balaban J connectivity index is 1.80. The van der Waals surface area contributed by atoms with Crippen molar-refractivity contribution in [2.24, 2.45) is 0 Å². The summed E-state index contributed by atoms with van der Waals surface area (Å²) in [6, 6.07) is 13.7. The average Bonchev–Trinajstić information content (AvgIpc) is 3.36. The van der Waals surface area contributed by atoms with Gasteiger partial charge < -0.3 is 14.7 Å². The fraction of sp³-hybridized carbons (Fsp3) is 0.333. The number of hydrogen-bond acceptors (Lipinski definition) is 4. The van der Waals surface area contributed by atoms with Gasteiger partial charge in [0.1, 0.15) is 5.76 Å². The van der Waals surface area contributed by atoms with Gasteiger partial charge in [0.15, 0.2) is 0 Å². The maximum absolute atomic E-state index is 13.0. The lowest BCUT2D eigenvalue weighted by Gasteiger charge is -2.27. The van der Waals surface area contributed by atoms with E-state index in [2.05, 4.69) is 6.92 Å². The molecule has 0 bridgehead atoms. The zero-order valence-electron chi connectivity index (χ0n) is 16.8.